The van der Waals surface area contributed by atoms with Crippen LogP contribution in [0.2, 0.25) is 0 Å². The summed E-state index contributed by atoms with van der Waals surface area (Å²) in [4.78, 5) is 22.3. The van der Waals surface area contributed by atoms with Crippen LogP contribution >= 0.6 is 15.9 Å². The number of non-ortho nitro benzene ring substituents is 1. The number of anilines is 1. The van der Waals surface area contributed by atoms with E-state index in [9.17, 15) is 14.9 Å². The summed E-state index contributed by atoms with van der Waals surface area (Å²) in [5.41, 5.74) is 1.09. The summed E-state index contributed by atoms with van der Waals surface area (Å²) in [7, 11) is 0. The van der Waals surface area contributed by atoms with Gasteiger partial charge in [-0.1, -0.05) is 40.2 Å². The molecule has 0 fully saturated rings. The van der Waals surface area contributed by atoms with Crippen molar-refractivity contribution in [2.24, 2.45) is 0 Å². The van der Waals surface area contributed by atoms with Crippen LogP contribution in [0.15, 0.2) is 64.8 Å². The summed E-state index contributed by atoms with van der Waals surface area (Å²) < 4.78 is 0.995. The van der Waals surface area contributed by atoms with Gasteiger partial charge in [-0.25, -0.2) is 0 Å². The van der Waals surface area contributed by atoms with Gasteiger partial charge in [0.15, 0.2) is 0 Å². The maximum atomic E-state index is 12.1. The van der Waals surface area contributed by atoms with E-state index in [0.717, 1.165) is 10.0 Å². The van der Waals surface area contributed by atoms with Crippen LogP contribution < -0.4 is 10.6 Å². The standard InChI is InChI=1S/C18H15BrN4O3/c19-17-7-2-1-4-13(17)8-9-21-12-14(11-20)18(24)22-15-5-3-6-16(10-15)23(25)26/h1-7,10,12,21H,8-9H2,(H,22,24)/b14-12-. The van der Waals surface area contributed by atoms with Gasteiger partial charge in [0, 0.05) is 35.0 Å². The number of benzene rings is 2. The second kappa shape index (κ2) is 9.34. The Kier molecular flexibility index (Phi) is 6.88. The molecule has 2 aromatic rings. The average molecular weight is 415 g/mol. The highest BCUT2D eigenvalue weighted by atomic mass is 79.9. The van der Waals surface area contributed by atoms with Gasteiger partial charge in [-0.2, -0.15) is 5.26 Å². The van der Waals surface area contributed by atoms with Crippen molar-refractivity contribution in [1.82, 2.24) is 5.32 Å². The van der Waals surface area contributed by atoms with E-state index in [2.05, 4.69) is 26.6 Å². The highest BCUT2D eigenvalue weighted by Gasteiger charge is 2.11. The Labute approximate surface area is 158 Å². The molecule has 0 saturated carbocycles. The second-order valence-electron chi connectivity index (χ2n) is 5.23. The Hall–Kier alpha value is -3.18. The van der Waals surface area contributed by atoms with Crippen LogP contribution in [0.1, 0.15) is 5.56 Å². The molecule has 0 atom stereocenters. The fourth-order valence-electron chi connectivity index (χ4n) is 2.13. The molecule has 2 rings (SSSR count). The Morgan fingerprint density at radius 1 is 1.27 bits per heavy atom. The van der Waals surface area contributed by atoms with Crippen molar-refractivity contribution in [3.63, 3.8) is 0 Å². The van der Waals surface area contributed by atoms with E-state index in [1.54, 1.807) is 0 Å². The van der Waals surface area contributed by atoms with Crippen molar-refractivity contribution in [3.05, 3.63) is 80.5 Å². The number of halogens is 1. The molecule has 7 nitrogen and oxygen atoms in total. The van der Waals surface area contributed by atoms with Gasteiger partial charge in [0.25, 0.3) is 11.6 Å². The Bertz CT molecular complexity index is 890. The molecule has 0 heterocycles. The van der Waals surface area contributed by atoms with E-state index >= 15 is 0 Å². The SMILES string of the molecule is N#C/C(=C/NCCc1ccccc1Br)C(=O)Nc1cccc([N+](=O)[O-])c1. The number of hydrogen-bond donors (Lipinski definition) is 2. The smallest absolute Gasteiger partial charge is 0.271 e. The highest BCUT2D eigenvalue weighted by molar-refractivity contribution is 9.10. The van der Waals surface area contributed by atoms with Crippen LogP contribution in [0.4, 0.5) is 11.4 Å². The van der Waals surface area contributed by atoms with Gasteiger partial charge in [0.05, 0.1) is 4.92 Å². The minimum Gasteiger partial charge on any atom is -0.389 e. The van der Waals surface area contributed by atoms with E-state index in [-0.39, 0.29) is 16.9 Å². The molecule has 0 spiro atoms. The van der Waals surface area contributed by atoms with Gasteiger partial charge in [-0.15, -0.1) is 0 Å². The number of carbonyl (C=O) groups excluding carboxylic acids is 1. The van der Waals surface area contributed by atoms with Crippen molar-refractivity contribution in [2.75, 3.05) is 11.9 Å². The van der Waals surface area contributed by atoms with Gasteiger partial charge in [-0.05, 0) is 24.1 Å². The van der Waals surface area contributed by atoms with Crippen LogP contribution in [0.3, 0.4) is 0 Å². The highest BCUT2D eigenvalue weighted by Crippen LogP contribution is 2.18. The van der Waals surface area contributed by atoms with E-state index in [0.29, 0.717) is 13.0 Å². The van der Waals surface area contributed by atoms with E-state index in [1.807, 2.05) is 30.3 Å². The third-order valence-electron chi connectivity index (χ3n) is 3.42. The Balaban J connectivity index is 1.94. The van der Waals surface area contributed by atoms with Gasteiger partial charge in [0.1, 0.15) is 11.6 Å². The molecule has 2 N–H and O–H groups in total. The third kappa shape index (κ3) is 5.43. The number of rotatable bonds is 7. The Morgan fingerprint density at radius 3 is 2.73 bits per heavy atom. The largest absolute Gasteiger partial charge is 0.389 e. The van der Waals surface area contributed by atoms with Crippen molar-refractivity contribution < 1.29 is 9.72 Å². The topological polar surface area (TPSA) is 108 Å². The van der Waals surface area contributed by atoms with Gasteiger partial charge in [0.2, 0.25) is 0 Å². The third-order valence-corrected chi connectivity index (χ3v) is 4.20. The lowest BCUT2D eigenvalue weighted by Crippen LogP contribution is -2.18. The number of nitriles is 1. The number of hydrogen-bond acceptors (Lipinski definition) is 5. The summed E-state index contributed by atoms with van der Waals surface area (Å²) >= 11 is 3.46. The molecule has 0 unspecified atom stereocenters. The molecule has 2 aromatic carbocycles. The number of nitrogens with zero attached hydrogens (tertiary/aromatic N) is 2. The molecular formula is C18H15BrN4O3. The molecule has 0 bridgehead atoms. The molecule has 0 radical (unpaired) electrons. The average Bonchev–Trinajstić information content (AvgIpc) is 2.63. The molecule has 0 aliphatic heterocycles. The number of amides is 1. The number of nitro groups is 1. The fourth-order valence-corrected chi connectivity index (χ4v) is 2.61. The van der Waals surface area contributed by atoms with Crippen molar-refractivity contribution in [2.45, 2.75) is 6.42 Å². The van der Waals surface area contributed by atoms with Gasteiger partial charge >= 0.3 is 0 Å². The van der Waals surface area contributed by atoms with E-state index in [4.69, 9.17) is 5.26 Å². The van der Waals surface area contributed by atoms with E-state index < -0.39 is 10.8 Å². The first-order chi connectivity index (χ1) is 12.5. The normalized spacial score (nSPS) is 10.7. The van der Waals surface area contributed by atoms with Crippen LogP contribution in [0, 0.1) is 21.4 Å². The van der Waals surface area contributed by atoms with E-state index in [1.165, 1.54) is 30.5 Å². The minimum atomic E-state index is -0.638. The quantitative estimate of drug-likeness (QED) is 0.237. The zero-order chi connectivity index (χ0) is 18.9. The lowest BCUT2D eigenvalue weighted by Gasteiger charge is -2.06. The predicted octanol–water partition coefficient (Wildman–Crippen LogP) is 3.54. The maximum Gasteiger partial charge on any atom is 0.271 e. The Morgan fingerprint density at radius 2 is 2.04 bits per heavy atom. The summed E-state index contributed by atoms with van der Waals surface area (Å²) in [6, 6.07) is 15.1. The van der Waals surface area contributed by atoms with Gasteiger partial charge < -0.3 is 10.6 Å². The number of nitro benzene ring substituents is 1. The molecule has 0 saturated heterocycles. The molecule has 1 amide bonds. The molecule has 0 aromatic heterocycles. The first-order valence-electron chi connectivity index (χ1n) is 7.64. The molecule has 0 aliphatic rings. The first kappa shape index (κ1) is 19.1. The lowest BCUT2D eigenvalue weighted by atomic mass is 10.1. The maximum absolute atomic E-state index is 12.1. The number of nitrogens with one attached hydrogen (secondary N) is 2. The van der Waals surface area contributed by atoms with Crippen LogP contribution in [0.25, 0.3) is 0 Å². The van der Waals surface area contributed by atoms with Crippen LogP contribution in [-0.2, 0) is 11.2 Å². The van der Waals surface area contributed by atoms with Crippen molar-refractivity contribution >= 4 is 33.2 Å². The molecule has 0 aliphatic carbocycles. The lowest BCUT2D eigenvalue weighted by molar-refractivity contribution is -0.384. The van der Waals surface area contributed by atoms with Crippen molar-refractivity contribution in [1.29, 1.82) is 5.26 Å². The summed E-state index contributed by atoms with van der Waals surface area (Å²) in [6.45, 7) is 0.540. The monoisotopic (exact) mass is 414 g/mol. The zero-order valence-electron chi connectivity index (χ0n) is 13.6. The molecular weight excluding hydrogens is 400 g/mol. The molecule has 26 heavy (non-hydrogen) atoms. The van der Waals surface area contributed by atoms with Gasteiger partial charge in [-0.3, -0.25) is 14.9 Å². The second-order valence-corrected chi connectivity index (χ2v) is 6.08. The van der Waals surface area contributed by atoms with Crippen molar-refractivity contribution in [3.8, 4) is 6.07 Å². The van der Waals surface area contributed by atoms with Crippen LogP contribution in [-0.4, -0.2) is 17.4 Å². The number of carbonyl (C=O) groups is 1. The minimum absolute atomic E-state index is 0.122. The predicted molar refractivity (Wildman–Crippen MR) is 101 cm³/mol. The summed E-state index contributed by atoms with van der Waals surface area (Å²) in [6.07, 6.45) is 2.05. The molecule has 132 valence electrons. The van der Waals surface area contributed by atoms with Crippen LogP contribution in [0.5, 0.6) is 0 Å². The zero-order valence-corrected chi connectivity index (χ0v) is 15.2. The summed E-state index contributed by atoms with van der Waals surface area (Å²) in [5.74, 6) is -0.638. The molecule has 8 heteroatoms. The first-order valence-corrected chi connectivity index (χ1v) is 8.43. The fraction of sp³-hybridized carbons (Fsp3) is 0.111. The summed E-state index contributed by atoms with van der Waals surface area (Å²) in [5, 5.41) is 25.3.